The molecule has 3 aromatic rings. The predicted molar refractivity (Wildman–Crippen MR) is 116 cm³/mol. The number of alkyl halides is 3. The molecule has 5 nitrogen and oxygen atoms in total. The highest BCUT2D eigenvalue weighted by Crippen LogP contribution is 2.36. The Labute approximate surface area is 200 Å². The number of hydrogen-bond donors (Lipinski definition) is 1. The number of aromatic nitrogens is 2. The molecule has 1 aliphatic rings. The Hall–Kier alpha value is -2.57. The summed E-state index contributed by atoms with van der Waals surface area (Å²) in [6.45, 7) is -0.181. The van der Waals surface area contributed by atoms with E-state index in [4.69, 9.17) is 5.73 Å². The molecule has 184 valence electrons. The van der Waals surface area contributed by atoms with Gasteiger partial charge in [-0.15, -0.1) is 12.4 Å². The Morgan fingerprint density at radius 3 is 2.50 bits per heavy atom. The Morgan fingerprint density at radius 2 is 1.85 bits per heavy atom. The summed E-state index contributed by atoms with van der Waals surface area (Å²) in [5.41, 5.74) is 6.72. The van der Waals surface area contributed by atoms with Gasteiger partial charge >= 0.3 is 6.18 Å². The molecule has 0 spiro atoms. The van der Waals surface area contributed by atoms with E-state index in [-0.39, 0.29) is 61.8 Å². The van der Waals surface area contributed by atoms with Gasteiger partial charge in [0, 0.05) is 42.6 Å². The van der Waals surface area contributed by atoms with Gasteiger partial charge in [0.15, 0.2) is 11.6 Å². The summed E-state index contributed by atoms with van der Waals surface area (Å²) in [7, 11) is 0. The maximum atomic E-state index is 13.9. The molecule has 0 bridgehead atoms. The highest BCUT2D eigenvalue weighted by atomic mass is 35.5. The topological polar surface area (TPSA) is 64.2 Å². The normalized spacial score (nSPS) is 14.5. The molecule has 1 unspecified atom stereocenters. The van der Waals surface area contributed by atoms with Crippen molar-refractivity contribution < 1.29 is 31.1 Å². The zero-order valence-electron chi connectivity index (χ0n) is 17.4. The first kappa shape index (κ1) is 26.0. The van der Waals surface area contributed by atoms with Crippen LogP contribution in [0.3, 0.4) is 0 Å². The molecule has 1 atom stereocenters. The van der Waals surface area contributed by atoms with Crippen LogP contribution in [0.25, 0.3) is 11.3 Å². The average molecular weight is 525 g/mol. The first-order chi connectivity index (χ1) is 15.5. The number of carbonyl (C=O) groups excluding carboxylic acids is 1. The van der Waals surface area contributed by atoms with E-state index >= 15 is 0 Å². The van der Waals surface area contributed by atoms with E-state index in [1.807, 2.05) is 0 Å². The third-order valence-electron chi connectivity index (χ3n) is 5.42. The van der Waals surface area contributed by atoms with Crippen LogP contribution in [0.2, 0.25) is 0 Å². The molecule has 0 saturated carbocycles. The number of amides is 1. The lowest BCUT2D eigenvalue weighted by Gasteiger charge is -2.30. The summed E-state index contributed by atoms with van der Waals surface area (Å²) in [4.78, 5) is 18.0. The molecule has 4 rings (SSSR count). The van der Waals surface area contributed by atoms with Crippen LogP contribution in [0.15, 0.2) is 29.0 Å². The number of thiophene rings is 1. The fraction of sp³-hybridized carbons (Fsp3) is 0.333. The van der Waals surface area contributed by atoms with Gasteiger partial charge in [0.2, 0.25) is 11.7 Å². The highest BCUT2D eigenvalue weighted by Gasteiger charge is 2.40. The van der Waals surface area contributed by atoms with E-state index in [0.29, 0.717) is 17.7 Å². The van der Waals surface area contributed by atoms with Crippen molar-refractivity contribution in [3.8, 4) is 11.3 Å². The second kappa shape index (κ2) is 9.96. The van der Waals surface area contributed by atoms with E-state index < -0.39 is 41.4 Å². The number of halogens is 7. The van der Waals surface area contributed by atoms with Gasteiger partial charge in [-0.3, -0.25) is 4.79 Å². The van der Waals surface area contributed by atoms with Gasteiger partial charge in [-0.2, -0.15) is 24.5 Å². The number of hydrogen-bond acceptors (Lipinski definition) is 4. The second-order valence-electron chi connectivity index (χ2n) is 7.73. The average Bonchev–Trinajstić information content (AvgIpc) is 3.38. The van der Waals surface area contributed by atoms with Crippen LogP contribution in [-0.2, 0) is 30.5 Å². The third-order valence-corrected chi connectivity index (χ3v) is 6.10. The number of imidazole rings is 1. The van der Waals surface area contributed by atoms with Crippen molar-refractivity contribution >= 4 is 29.7 Å². The molecule has 0 saturated heterocycles. The smallest absolute Gasteiger partial charge is 0.335 e. The number of carbonyl (C=O) groups is 1. The molecule has 3 heterocycles. The molecular weight excluding hydrogens is 506 g/mol. The molecule has 13 heteroatoms. The van der Waals surface area contributed by atoms with Crippen LogP contribution >= 0.6 is 23.7 Å². The summed E-state index contributed by atoms with van der Waals surface area (Å²) < 4.78 is 81.9. The van der Waals surface area contributed by atoms with E-state index in [1.165, 1.54) is 16.2 Å². The quantitative estimate of drug-likeness (QED) is 0.386. The molecule has 1 aromatic carbocycles. The Balaban J connectivity index is 0.00000324. The van der Waals surface area contributed by atoms with Crippen molar-refractivity contribution in [2.45, 2.75) is 38.1 Å². The maximum absolute atomic E-state index is 13.9. The summed E-state index contributed by atoms with van der Waals surface area (Å²) >= 11 is 1.31. The summed E-state index contributed by atoms with van der Waals surface area (Å²) in [5.74, 6) is -4.99. The highest BCUT2D eigenvalue weighted by molar-refractivity contribution is 7.08. The van der Waals surface area contributed by atoms with Gasteiger partial charge < -0.3 is 15.2 Å². The maximum Gasteiger partial charge on any atom is 0.449 e. The van der Waals surface area contributed by atoms with E-state index in [9.17, 15) is 31.1 Å². The number of nitrogens with two attached hydrogens (primary N) is 1. The van der Waals surface area contributed by atoms with Crippen molar-refractivity contribution in [2.75, 3.05) is 6.54 Å². The molecule has 0 radical (unpaired) electrons. The predicted octanol–water partition coefficient (Wildman–Crippen LogP) is 4.77. The van der Waals surface area contributed by atoms with Crippen LogP contribution in [0.5, 0.6) is 0 Å². The monoisotopic (exact) mass is 524 g/mol. The molecule has 0 fully saturated rings. The standard InChI is InChI=1S/C21H18F6N4OS.ClH/c22-14-8-16(24)15(23)6-12(14)5-13(28)7-18(32)30-2-3-31-17(9-30)19(11-1-4-33-10-11)29-20(31)21(25,26)27;/h1,4,6,8,10,13H,2-3,5,7,9,28H2;1H. The first-order valence-corrected chi connectivity index (χ1v) is 10.8. The van der Waals surface area contributed by atoms with Crippen molar-refractivity contribution in [1.82, 2.24) is 14.5 Å². The number of fused-ring (bicyclic) bond motifs is 1. The molecule has 1 aliphatic heterocycles. The van der Waals surface area contributed by atoms with Gasteiger partial charge in [-0.25, -0.2) is 18.2 Å². The van der Waals surface area contributed by atoms with Crippen molar-refractivity contribution in [3.05, 3.63) is 63.5 Å². The number of rotatable bonds is 5. The largest absolute Gasteiger partial charge is 0.449 e. The number of nitrogens with zero attached hydrogens (tertiary/aromatic N) is 3. The Kier molecular flexibility index (Phi) is 7.63. The SMILES string of the molecule is Cl.NC(CC(=O)N1CCn2c(C(F)(F)F)nc(-c3ccsc3)c2C1)Cc1cc(F)c(F)cc1F. The van der Waals surface area contributed by atoms with E-state index in [1.54, 1.807) is 16.8 Å². The minimum atomic E-state index is -4.65. The minimum Gasteiger partial charge on any atom is -0.335 e. The zero-order valence-corrected chi connectivity index (χ0v) is 19.0. The first-order valence-electron chi connectivity index (χ1n) is 9.90. The van der Waals surface area contributed by atoms with Crippen LogP contribution in [0.1, 0.15) is 23.5 Å². The van der Waals surface area contributed by atoms with Crippen LogP contribution < -0.4 is 5.73 Å². The third kappa shape index (κ3) is 5.23. The lowest BCUT2D eigenvalue weighted by atomic mass is 10.0. The molecule has 2 N–H and O–H groups in total. The second-order valence-corrected chi connectivity index (χ2v) is 8.51. The van der Waals surface area contributed by atoms with Crippen molar-refractivity contribution in [3.63, 3.8) is 0 Å². The van der Waals surface area contributed by atoms with Crippen molar-refractivity contribution in [2.24, 2.45) is 5.73 Å². The Morgan fingerprint density at radius 1 is 1.15 bits per heavy atom. The van der Waals surface area contributed by atoms with Gasteiger partial charge in [0.1, 0.15) is 5.82 Å². The summed E-state index contributed by atoms with van der Waals surface area (Å²) in [6.07, 6.45) is -5.10. The van der Waals surface area contributed by atoms with Crippen molar-refractivity contribution in [1.29, 1.82) is 0 Å². The molecule has 1 amide bonds. The molecule has 34 heavy (non-hydrogen) atoms. The fourth-order valence-corrected chi connectivity index (χ4v) is 4.50. The molecule has 0 aliphatic carbocycles. The van der Waals surface area contributed by atoms with Crippen LogP contribution in [0.4, 0.5) is 26.3 Å². The summed E-state index contributed by atoms with van der Waals surface area (Å²) in [6, 6.07) is 1.86. The van der Waals surface area contributed by atoms with Gasteiger partial charge in [-0.1, -0.05) is 0 Å². The zero-order chi connectivity index (χ0) is 23.9. The van der Waals surface area contributed by atoms with Gasteiger partial charge in [0.05, 0.1) is 17.9 Å². The summed E-state index contributed by atoms with van der Waals surface area (Å²) in [5, 5.41) is 3.40. The van der Waals surface area contributed by atoms with Crippen LogP contribution in [-0.4, -0.2) is 32.9 Å². The van der Waals surface area contributed by atoms with Gasteiger partial charge in [-0.05, 0) is 29.5 Å². The van der Waals surface area contributed by atoms with Gasteiger partial charge in [0.25, 0.3) is 0 Å². The number of benzene rings is 1. The molecule has 2 aromatic heterocycles. The lowest BCUT2D eigenvalue weighted by Crippen LogP contribution is -2.42. The lowest BCUT2D eigenvalue weighted by molar-refractivity contribution is -0.148. The van der Waals surface area contributed by atoms with Crippen LogP contribution in [0, 0.1) is 17.5 Å². The van der Waals surface area contributed by atoms with E-state index in [2.05, 4.69) is 4.98 Å². The molecular formula is C21H19ClF6N4OS. The van der Waals surface area contributed by atoms with E-state index in [0.717, 1.165) is 4.57 Å². The minimum absolute atomic E-state index is 0. The fourth-order valence-electron chi connectivity index (χ4n) is 3.86. The Bertz CT molecular complexity index is 1180.